The standard InChI is InChI=1S/C12H14O3/c13-10-5-2-1-4-9(10)12(6-3-7-12)8-11(14)15/h1-2,4-5,13H,3,6-8H2,(H,14,15). The molecule has 3 nitrogen and oxygen atoms in total. The summed E-state index contributed by atoms with van der Waals surface area (Å²) in [4.78, 5) is 10.8. The average molecular weight is 206 g/mol. The third-order valence-electron chi connectivity index (χ3n) is 3.28. The second kappa shape index (κ2) is 3.57. The van der Waals surface area contributed by atoms with Gasteiger partial charge >= 0.3 is 5.97 Å². The molecule has 1 aromatic rings. The summed E-state index contributed by atoms with van der Waals surface area (Å²) in [6, 6.07) is 7.05. The van der Waals surface area contributed by atoms with Gasteiger partial charge < -0.3 is 10.2 Å². The molecule has 3 heteroatoms. The number of rotatable bonds is 3. The van der Waals surface area contributed by atoms with Gasteiger partial charge in [0.25, 0.3) is 0 Å². The number of carboxylic acid groups (broad SMARTS) is 1. The van der Waals surface area contributed by atoms with Crippen LogP contribution in [0, 0.1) is 0 Å². The van der Waals surface area contributed by atoms with E-state index in [1.54, 1.807) is 12.1 Å². The quantitative estimate of drug-likeness (QED) is 0.797. The van der Waals surface area contributed by atoms with E-state index in [2.05, 4.69) is 0 Å². The Morgan fingerprint density at radius 1 is 1.33 bits per heavy atom. The van der Waals surface area contributed by atoms with E-state index >= 15 is 0 Å². The largest absolute Gasteiger partial charge is 0.508 e. The molecule has 0 atom stereocenters. The van der Waals surface area contributed by atoms with Crippen molar-refractivity contribution < 1.29 is 15.0 Å². The van der Waals surface area contributed by atoms with Crippen LogP contribution < -0.4 is 0 Å². The minimum atomic E-state index is -0.794. The molecule has 0 unspecified atom stereocenters. The maximum Gasteiger partial charge on any atom is 0.304 e. The zero-order valence-corrected chi connectivity index (χ0v) is 8.44. The van der Waals surface area contributed by atoms with E-state index in [1.165, 1.54) is 0 Å². The van der Waals surface area contributed by atoms with Gasteiger partial charge in [-0.05, 0) is 18.9 Å². The average Bonchev–Trinajstić information content (AvgIpc) is 2.12. The van der Waals surface area contributed by atoms with Crippen molar-refractivity contribution in [3.63, 3.8) is 0 Å². The Labute approximate surface area is 88.4 Å². The third kappa shape index (κ3) is 1.69. The Balaban J connectivity index is 2.34. The summed E-state index contributed by atoms with van der Waals surface area (Å²) in [5, 5.41) is 18.6. The molecule has 1 saturated carbocycles. The monoisotopic (exact) mass is 206 g/mol. The Morgan fingerprint density at radius 2 is 2.00 bits per heavy atom. The van der Waals surface area contributed by atoms with Crippen LogP contribution in [0.1, 0.15) is 31.2 Å². The van der Waals surface area contributed by atoms with Crippen molar-refractivity contribution in [3.8, 4) is 5.75 Å². The van der Waals surface area contributed by atoms with Gasteiger partial charge in [-0.15, -0.1) is 0 Å². The van der Waals surface area contributed by atoms with Gasteiger partial charge in [-0.1, -0.05) is 24.6 Å². The Kier molecular flexibility index (Phi) is 2.39. The van der Waals surface area contributed by atoms with Crippen LogP contribution in [0.4, 0.5) is 0 Å². The summed E-state index contributed by atoms with van der Waals surface area (Å²) in [5.74, 6) is -0.573. The van der Waals surface area contributed by atoms with Crippen LogP contribution in [0.25, 0.3) is 0 Å². The number of benzene rings is 1. The smallest absolute Gasteiger partial charge is 0.304 e. The maximum atomic E-state index is 10.8. The van der Waals surface area contributed by atoms with Crippen molar-refractivity contribution in [3.05, 3.63) is 29.8 Å². The number of hydrogen-bond donors (Lipinski definition) is 2. The molecule has 0 amide bonds. The number of phenolic OH excluding ortho intramolecular Hbond substituents is 1. The summed E-state index contributed by atoms with van der Waals surface area (Å²) in [6.45, 7) is 0. The number of carboxylic acids is 1. The van der Waals surface area contributed by atoms with E-state index in [0.717, 1.165) is 24.8 Å². The van der Waals surface area contributed by atoms with Crippen LogP contribution in [0.2, 0.25) is 0 Å². The molecule has 0 aliphatic heterocycles. The molecule has 0 saturated heterocycles. The van der Waals surface area contributed by atoms with Crippen LogP contribution in [0.3, 0.4) is 0 Å². The topological polar surface area (TPSA) is 57.5 Å². The second-order valence-corrected chi connectivity index (χ2v) is 4.22. The van der Waals surface area contributed by atoms with Crippen LogP contribution in [0.5, 0.6) is 5.75 Å². The lowest BCUT2D eigenvalue weighted by atomic mass is 9.62. The zero-order chi connectivity index (χ0) is 10.9. The fraction of sp³-hybridized carbons (Fsp3) is 0.417. The number of aliphatic carboxylic acids is 1. The van der Waals surface area contributed by atoms with Gasteiger partial charge in [0, 0.05) is 11.0 Å². The van der Waals surface area contributed by atoms with Gasteiger partial charge in [0.15, 0.2) is 0 Å². The molecular formula is C12H14O3. The highest BCUT2D eigenvalue weighted by atomic mass is 16.4. The molecule has 0 bridgehead atoms. The minimum Gasteiger partial charge on any atom is -0.508 e. The van der Waals surface area contributed by atoms with Gasteiger partial charge in [-0.2, -0.15) is 0 Å². The summed E-state index contributed by atoms with van der Waals surface area (Å²) >= 11 is 0. The van der Waals surface area contributed by atoms with E-state index in [4.69, 9.17) is 5.11 Å². The van der Waals surface area contributed by atoms with Crippen molar-refractivity contribution >= 4 is 5.97 Å². The molecule has 1 aliphatic carbocycles. The molecule has 1 aliphatic rings. The lowest BCUT2D eigenvalue weighted by Gasteiger charge is -2.41. The summed E-state index contributed by atoms with van der Waals surface area (Å²) in [5.41, 5.74) is 0.468. The van der Waals surface area contributed by atoms with Gasteiger partial charge in [0.05, 0.1) is 6.42 Å². The summed E-state index contributed by atoms with van der Waals surface area (Å²) in [7, 11) is 0. The van der Waals surface area contributed by atoms with E-state index in [1.807, 2.05) is 12.1 Å². The highest BCUT2D eigenvalue weighted by Crippen LogP contribution is 2.49. The molecule has 1 aromatic carbocycles. The molecule has 1 fully saturated rings. The van der Waals surface area contributed by atoms with E-state index < -0.39 is 5.97 Å². The van der Waals surface area contributed by atoms with Crippen LogP contribution in [-0.4, -0.2) is 16.2 Å². The number of para-hydroxylation sites is 1. The fourth-order valence-electron chi connectivity index (χ4n) is 2.36. The Morgan fingerprint density at radius 3 is 2.47 bits per heavy atom. The SMILES string of the molecule is O=C(O)CC1(c2ccccc2O)CCC1. The molecule has 2 N–H and O–H groups in total. The Hall–Kier alpha value is -1.51. The van der Waals surface area contributed by atoms with Gasteiger partial charge in [0.2, 0.25) is 0 Å². The van der Waals surface area contributed by atoms with Gasteiger partial charge in [0.1, 0.15) is 5.75 Å². The Bertz CT molecular complexity index is 380. The number of carbonyl (C=O) groups is 1. The van der Waals surface area contributed by atoms with Crippen LogP contribution in [0.15, 0.2) is 24.3 Å². The number of aromatic hydroxyl groups is 1. The van der Waals surface area contributed by atoms with Gasteiger partial charge in [-0.25, -0.2) is 0 Å². The lowest BCUT2D eigenvalue weighted by molar-refractivity contribution is -0.139. The molecule has 2 rings (SSSR count). The first-order valence-electron chi connectivity index (χ1n) is 5.14. The molecule has 0 heterocycles. The number of phenols is 1. The first kappa shape index (κ1) is 10.0. The molecule has 0 aromatic heterocycles. The molecule has 0 radical (unpaired) electrons. The predicted molar refractivity (Wildman–Crippen MR) is 55.9 cm³/mol. The predicted octanol–water partition coefficient (Wildman–Crippen LogP) is 2.29. The van der Waals surface area contributed by atoms with Crippen molar-refractivity contribution in [2.24, 2.45) is 0 Å². The van der Waals surface area contributed by atoms with Crippen LogP contribution >= 0.6 is 0 Å². The molecular weight excluding hydrogens is 192 g/mol. The summed E-state index contributed by atoms with van der Waals surface area (Å²) < 4.78 is 0. The number of hydrogen-bond acceptors (Lipinski definition) is 2. The molecule has 15 heavy (non-hydrogen) atoms. The molecule has 0 spiro atoms. The fourth-order valence-corrected chi connectivity index (χ4v) is 2.36. The van der Waals surface area contributed by atoms with Crippen molar-refractivity contribution in [1.82, 2.24) is 0 Å². The van der Waals surface area contributed by atoms with Gasteiger partial charge in [-0.3, -0.25) is 4.79 Å². The van der Waals surface area contributed by atoms with Crippen molar-refractivity contribution in [1.29, 1.82) is 0 Å². The van der Waals surface area contributed by atoms with E-state index in [0.29, 0.717) is 0 Å². The minimum absolute atomic E-state index is 0.116. The lowest BCUT2D eigenvalue weighted by Crippen LogP contribution is -2.36. The highest BCUT2D eigenvalue weighted by Gasteiger charge is 2.42. The molecule has 80 valence electrons. The van der Waals surface area contributed by atoms with Crippen LogP contribution in [-0.2, 0) is 10.2 Å². The second-order valence-electron chi connectivity index (χ2n) is 4.22. The van der Waals surface area contributed by atoms with E-state index in [-0.39, 0.29) is 17.6 Å². The first-order chi connectivity index (χ1) is 7.14. The first-order valence-corrected chi connectivity index (χ1v) is 5.14. The highest BCUT2D eigenvalue weighted by molar-refractivity contribution is 5.70. The maximum absolute atomic E-state index is 10.8. The van der Waals surface area contributed by atoms with Crippen molar-refractivity contribution in [2.45, 2.75) is 31.1 Å². The van der Waals surface area contributed by atoms with E-state index in [9.17, 15) is 9.90 Å². The normalized spacial score (nSPS) is 18.1. The third-order valence-corrected chi connectivity index (χ3v) is 3.28. The summed E-state index contributed by atoms with van der Waals surface area (Å²) in [6.07, 6.45) is 2.87. The van der Waals surface area contributed by atoms with Crippen molar-refractivity contribution in [2.75, 3.05) is 0 Å². The zero-order valence-electron chi connectivity index (χ0n) is 8.44.